The zero-order valence-electron chi connectivity index (χ0n) is 10.7. The summed E-state index contributed by atoms with van der Waals surface area (Å²) < 4.78 is 32.0. The van der Waals surface area contributed by atoms with E-state index in [0.29, 0.717) is 12.2 Å². The minimum atomic E-state index is -4.36. The molecule has 0 amide bonds. The lowest BCUT2D eigenvalue weighted by Gasteiger charge is -2.32. The number of likely N-dealkylation sites (N-methyl/N-ethyl adjacent to an activating group) is 1. The Morgan fingerprint density at radius 2 is 2.00 bits per heavy atom. The maximum atomic E-state index is 11.4. The van der Waals surface area contributed by atoms with E-state index in [1.165, 1.54) is 11.8 Å². The Labute approximate surface area is 108 Å². The molecular formula is C12H19NO4S. The molecule has 1 aromatic carbocycles. The number of aliphatic hydroxyl groups excluding tert-OH is 1. The average Bonchev–Trinajstić information content (AvgIpc) is 2.23. The van der Waals surface area contributed by atoms with E-state index in [0.717, 1.165) is 5.56 Å². The SMILES string of the molecule is CCN(c1cccc(C)c1)C(C(C)O)S(=O)(=O)O. The van der Waals surface area contributed by atoms with Gasteiger partial charge in [-0.2, -0.15) is 8.42 Å². The third kappa shape index (κ3) is 3.44. The third-order valence-electron chi connectivity index (χ3n) is 2.70. The Bertz CT molecular complexity index is 499. The highest BCUT2D eigenvalue weighted by Gasteiger charge is 2.33. The average molecular weight is 273 g/mol. The van der Waals surface area contributed by atoms with Crippen LogP contribution in [0.5, 0.6) is 0 Å². The molecule has 0 spiro atoms. The Morgan fingerprint density at radius 3 is 2.39 bits per heavy atom. The van der Waals surface area contributed by atoms with Gasteiger partial charge in [0.25, 0.3) is 10.1 Å². The second-order valence-corrected chi connectivity index (χ2v) is 5.78. The molecular weight excluding hydrogens is 254 g/mol. The highest BCUT2D eigenvalue weighted by Crippen LogP contribution is 2.22. The summed E-state index contributed by atoms with van der Waals surface area (Å²) in [6, 6.07) is 7.25. The van der Waals surface area contributed by atoms with Gasteiger partial charge in [0.05, 0.1) is 6.10 Å². The topological polar surface area (TPSA) is 77.8 Å². The predicted octanol–water partition coefficient (Wildman–Crippen LogP) is 1.42. The molecule has 2 N–H and O–H groups in total. The van der Waals surface area contributed by atoms with Crippen LogP contribution in [0.4, 0.5) is 5.69 Å². The summed E-state index contributed by atoms with van der Waals surface area (Å²) in [5, 5.41) is 8.24. The van der Waals surface area contributed by atoms with E-state index in [9.17, 15) is 18.1 Å². The summed E-state index contributed by atoms with van der Waals surface area (Å²) in [4.78, 5) is 1.47. The molecule has 6 heteroatoms. The van der Waals surface area contributed by atoms with Gasteiger partial charge in [-0.1, -0.05) is 12.1 Å². The summed E-state index contributed by atoms with van der Waals surface area (Å²) >= 11 is 0. The summed E-state index contributed by atoms with van der Waals surface area (Å²) in [7, 11) is -4.36. The second kappa shape index (κ2) is 5.69. The lowest BCUT2D eigenvalue weighted by atomic mass is 10.2. The van der Waals surface area contributed by atoms with Crippen LogP contribution in [0.25, 0.3) is 0 Å². The summed E-state index contributed by atoms with van der Waals surface area (Å²) in [6.07, 6.45) is -1.19. The number of rotatable bonds is 5. The third-order valence-corrected chi connectivity index (χ3v) is 3.96. The number of hydrogen-bond acceptors (Lipinski definition) is 4. The lowest BCUT2D eigenvalue weighted by molar-refractivity contribution is 0.181. The van der Waals surface area contributed by atoms with Crippen molar-refractivity contribution < 1.29 is 18.1 Å². The Balaban J connectivity index is 3.23. The van der Waals surface area contributed by atoms with Crippen molar-refractivity contribution >= 4 is 15.8 Å². The fourth-order valence-corrected chi connectivity index (χ4v) is 3.08. The van der Waals surface area contributed by atoms with Crippen molar-refractivity contribution in [3.05, 3.63) is 29.8 Å². The van der Waals surface area contributed by atoms with Crippen molar-refractivity contribution in [3.8, 4) is 0 Å². The van der Waals surface area contributed by atoms with Crippen LogP contribution >= 0.6 is 0 Å². The molecule has 5 nitrogen and oxygen atoms in total. The van der Waals surface area contributed by atoms with Crippen molar-refractivity contribution in [3.63, 3.8) is 0 Å². The molecule has 0 aliphatic carbocycles. The fourth-order valence-electron chi connectivity index (χ4n) is 1.99. The molecule has 2 unspecified atom stereocenters. The number of benzene rings is 1. The Hall–Kier alpha value is -1.11. The van der Waals surface area contributed by atoms with Crippen LogP contribution in [0.1, 0.15) is 19.4 Å². The molecule has 18 heavy (non-hydrogen) atoms. The molecule has 0 fully saturated rings. The molecule has 0 bridgehead atoms. The maximum absolute atomic E-state index is 11.4. The van der Waals surface area contributed by atoms with Gasteiger partial charge in [0.2, 0.25) is 0 Å². The molecule has 0 saturated heterocycles. The molecule has 102 valence electrons. The van der Waals surface area contributed by atoms with E-state index >= 15 is 0 Å². The zero-order chi connectivity index (χ0) is 13.9. The van der Waals surface area contributed by atoms with E-state index in [4.69, 9.17) is 0 Å². The van der Waals surface area contributed by atoms with E-state index < -0.39 is 21.6 Å². The second-order valence-electron chi connectivity index (χ2n) is 4.27. The first-order valence-electron chi connectivity index (χ1n) is 5.75. The van der Waals surface area contributed by atoms with Crippen LogP contribution in [-0.2, 0) is 10.1 Å². The van der Waals surface area contributed by atoms with Crippen molar-refractivity contribution in [2.45, 2.75) is 32.2 Å². The molecule has 0 saturated carbocycles. The van der Waals surface area contributed by atoms with Gasteiger partial charge in [-0.05, 0) is 38.5 Å². The van der Waals surface area contributed by atoms with Crippen molar-refractivity contribution in [1.29, 1.82) is 0 Å². The lowest BCUT2D eigenvalue weighted by Crippen LogP contribution is -2.48. The van der Waals surface area contributed by atoms with Gasteiger partial charge in [-0.3, -0.25) is 4.55 Å². The molecule has 0 aliphatic rings. The van der Waals surface area contributed by atoms with E-state index in [2.05, 4.69) is 0 Å². The van der Waals surface area contributed by atoms with E-state index in [1.807, 2.05) is 19.1 Å². The largest absolute Gasteiger partial charge is 0.390 e. The van der Waals surface area contributed by atoms with E-state index in [1.54, 1.807) is 19.1 Å². The van der Waals surface area contributed by atoms with Crippen LogP contribution in [0, 0.1) is 6.92 Å². The maximum Gasteiger partial charge on any atom is 0.288 e. The minimum absolute atomic E-state index is 0.360. The molecule has 0 radical (unpaired) electrons. The predicted molar refractivity (Wildman–Crippen MR) is 71.2 cm³/mol. The Kier molecular flexibility index (Phi) is 4.72. The molecule has 0 heterocycles. The summed E-state index contributed by atoms with van der Waals surface area (Å²) in [6.45, 7) is 5.36. The van der Waals surface area contributed by atoms with Crippen LogP contribution < -0.4 is 4.90 Å². The van der Waals surface area contributed by atoms with Gasteiger partial charge in [-0.15, -0.1) is 0 Å². The van der Waals surface area contributed by atoms with Crippen LogP contribution in [0.2, 0.25) is 0 Å². The van der Waals surface area contributed by atoms with Crippen molar-refractivity contribution in [1.82, 2.24) is 0 Å². The molecule has 1 rings (SSSR count). The highest BCUT2D eigenvalue weighted by atomic mass is 32.2. The van der Waals surface area contributed by atoms with Gasteiger partial charge in [-0.25, -0.2) is 0 Å². The number of hydrogen-bond donors (Lipinski definition) is 2. The monoisotopic (exact) mass is 273 g/mol. The minimum Gasteiger partial charge on any atom is -0.390 e. The van der Waals surface area contributed by atoms with Gasteiger partial charge in [0.15, 0.2) is 5.37 Å². The van der Waals surface area contributed by atoms with Crippen molar-refractivity contribution in [2.75, 3.05) is 11.4 Å². The normalized spacial score (nSPS) is 15.2. The van der Waals surface area contributed by atoms with Crippen LogP contribution in [0.15, 0.2) is 24.3 Å². The fraction of sp³-hybridized carbons (Fsp3) is 0.500. The van der Waals surface area contributed by atoms with Crippen LogP contribution in [0.3, 0.4) is 0 Å². The number of nitrogens with zero attached hydrogens (tertiary/aromatic N) is 1. The molecule has 1 aromatic rings. The standard InChI is InChI=1S/C12H19NO4S/c1-4-13(11-7-5-6-9(2)8-11)12(10(3)14)18(15,16)17/h5-8,10,12,14H,4H2,1-3H3,(H,15,16,17). The number of aryl methyl sites for hydroxylation is 1. The Morgan fingerprint density at radius 1 is 1.39 bits per heavy atom. The zero-order valence-corrected chi connectivity index (χ0v) is 11.6. The molecule has 2 atom stereocenters. The first-order chi connectivity index (χ1) is 8.27. The van der Waals surface area contributed by atoms with Gasteiger partial charge in [0.1, 0.15) is 0 Å². The number of anilines is 1. The van der Waals surface area contributed by atoms with E-state index in [-0.39, 0.29) is 0 Å². The summed E-state index contributed by atoms with van der Waals surface area (Å²) in [5.41, 5.74) is 1.63. The highest BCUT2D eigenvalue weighted by molar-refractivity contribution is 7.86. The van der Waals surface area contributed by atoms with Crippen molar-refractivity contribution in [2.24, 2.45) is 0 Å². The van der Waals surface area contributed by atoms with Gasteiger partial charge < -0.3 is 10.0 Å². The van der Waals surface area contributed by atoms with Gasteiger partial charge in [0, 0.05) is 12.2 Å². The van der Waals surface area contributed by atoms with Gasteiger partial charge >= 0.3 is 0 Å². The van der Waals surface area contributed by atoms with Crippen LogP contribution in [-0.4, -0.2) is 36.1 Å². The first kappa shape index (κ1) is 14.9. The molecule has 0 aromatic heterocycles. The number of aliphatic hydroxyl groups is 1. The first-order valence-corrected chi connectivity index (χ1v) is 7.25. The summed E-state index contributed by atoms with van der Waals surface area (Å²) in [5.74, 6) is 0. The smallest absolute Gasteiger partial charge is 0.288 e. The molecule has 0 aliphatic heterocycles. The quantitative estimate of drug-likeness (QED) is 0.793.